The van der Waals surface area contributed by atoms with Crippen LogP contribution >= 0.6 is 11.6 Å². The highest BCUT2D eigenvalue weighted by Crippen LogP contribution is 2.22. The number of likely N-dealkylation sites (tertiary alicyclic amines) is 1. The van der Waals surface area contributed by atoms with Gasteiger partial charge in [-0.15, -0.1) is 0 Å². The Morgan fingerprint density at radius 1 is 1.26 bits per heavy atom. The van der Waals surface area contributed by atoms with E-state index in [4.69, 9.17) is 11.6 Å². The van der Waals surface area contributed by atoms with Crippen LogP contribution in [0.2, 0.25) is 5.02 Å². The van der Waals surface area contributed by atoms with Crippen molar-refractivity contribution in [2.75, 3.05) is 18.4 Å². The summed E-state index contributed by atoms with van der Waals surface area (Å²) in [6.45, 7) is 0.864. The Morgan fingerprint density at radius 2 is 2.04 bits per heavy atom. The number of halogens is 1. The van der Waals surface area contributed by atoms with Gasteiger partial charge >= 0.3 is 0 Å². The maximum atomic E-state index is 12.4. The van der Waals surface area contributed by atoms with E-state index in [1.807, 2.05) is 18.2 Å². The van der Waals surface area contributed by atoms with Crippen molar-refractivity contribution in [3.8, 4) is 0 Å². The van der Waals surface area contributed by atoms with Gasteiger partial charge in [0, 0.05) is 24.8 Å². The molecule has 1 fully saturated rings. The monoisotopic (exact) mass is 331 g/mol. The quantitative estimate of drug-likeness (QED) is 0.906. The second-order valence-corrected chi connectivity index (χ2v) is 5.97. The van der Waals surface area contributed by atoms with Crippen LogP contribution in [-0.4, -0.2) is 46.1 Å². The number of aliphatic hydroxyl groups is 1. The van der Waals surface area contributed by atoms with Crippen LogP contribution in [0.25, 0.3) is 0 Å². The zero-order valence-corrected chi connectivity index (χ0v) is 13.3. The number of amides is 1. The number of aromatic nitrogens is 1. The molecule has 0 spiro atoms. The molecule has 2 atom stereocenters. The highest BCUT2D eigenvalue weighted by Gasteiger charge is 2.31. The molecule has 0 aliphatic carbocycles. The zero-order chi connectivity index (χ0) is 16.2. The van der Waals surface area contributed by atoms with Crippen molar-refractivity contribution in [3.63, 3.8) is 0 Å². The summed E-state index contributed by atoms with van der Waals surface area (Å²) >= 11 is 6.08. The number of nitrogens with zero attached hydrogens (tertiary/aromatic N) is 2. The number of piperidine rings is 1. The van der Waals surface area contributed by atoms with Crippen molar-refractivity contribution in [1.29, 1.82) is 0 Å². The van der Waals surface area contributed by atoms with E-state index in [1.54, 1.807) is 35.4 Å². The molecule has 1 saturated heterocycles. The number of pyridine rings is 1. The molecule has 3 rings (SSSR count). The number of anilines is 1. The van der Waals surface area contributed by atoms with Gasteiger partial charge in [-0.05, 0) is 30.7 Å². The lowest BCUT2D eigenvalue weighted by Crippen LogP contribution is -2.51. The average molecular weight is 332 g/mol. The smallest absolute Gasteiger partial charge is 0.253 e. The lowest BCUT2D eigenvalue weighted by molar-refractivity contribution is 0.0426. The van der Waals surface area contributed by atoms with Gasteiger partial charge in [-0.25, -0.2) is 4.98 Å². The minimum Gasteiger partial charge on any atom is -0.389 e. The van der Waals surface area contributed by atoms with E-state index in [1.165, 1.54) is 0 Å². The maximum Gasteiger partial charge on any atom is 0.253 e. The molecule has 0 radical (unpaired) electrons. The lowest BCUT2D eigenvalue weighted by atomic mass is 10.0. The Kier molecular flexibility index (Phi) is 4.79. The molecule has 1 aliphatic rings. The van der Waals surface area contributed by atoms with Crippen LogP contribution in [-0.2, 0) is 0 Å². The normalized spacial score (nSPS) is 21.0. The summed E-state index contributed by atoms with van der Waals surface area (Å²) in [5.41, 5.74) is 0.638. The van der Waals surface area contributed by atoms with Crippen molar-refractivity contribution in [2.45, 2.75) is 18.6 Å². The summed E-state index contributed by atoms with van der Waals surface area (Å²) in [4.78, 5) is 18.3. The number of hydrogen-bond donors (Lipinski definition) is 2. The highest BCUT2D eigenvalue weighted by atomic mass is 35.5. The van der Waals surface area contributed by atoms with Gasteiger partial charge in [0.2, 0.25) is 0 Å². The first-order valence-corrected chi connectivity index (χ1v) is 7.92. The molecule has 0 unspecified atom stereocenters. The Balaban J connectivity index is 1.64. The maximum absolute atomic E-state index is 12.4. The van der Waals surface area contributed by atoms with Crippen molar-refractivity contribution in [2.24, 2.45) is 0 Å². The molecule has 23 heavy (non-hydrogen) atoms. The SMILES string of the molecule is O=C(c1ccccc1)N1CC[C@@H](Nc2ncccc2Cl)[C@H](O)C1. The Labute approximate surface area is 139 Å². The Hall–Kier alpha value is -2.11. The van der Waals surface area contributed by atoms with Gasteiger partial charge in [0.15, 0.2) is 0 Å². The first-order valence-electron chi connectivity index (χ1n) is 7.54. The summed E-state index contributed by atoms with van der Waals surface area (Å²) in [6.07, 6.45) is 1.61. The molecule has 1 aromatic carbocycles. The molecule has 2 aromatic rings. The number of rotatable bonds is 3. The van der Waals surface area contributed by atoms with E-state index in [2.05, 4.69) is 10.3 Å². The van der Waals surface area contributed by atoms with E-state index < -0.39 is 6.10 Å². The first kappa shape index (κ1) is 15.8. The summed E-state index contributed by atoms with van der Waals surface area (Å²) in [7, 11) is 0. The highest BCUT2D eigenvalue weighted by molar-refractivity contribution is 6.32. The third-order valence-corrected chi connectivity index (χ3v) is 4.28. The van der Waals surface area contributed by atoms with Gasteiger partial charge in [-0.2, -0.15) is 0 Å². The summed E-state index contributed by atoms with van der Waals surface area (Å²) in [5.74, 6) is 0.500. The molecule has 0 bridgehead atoms. The van der Waals surface area contributed by atoms with E-state index in [9.17, 15) is 9.90 Å². The lowest BCUT2D eigenvalue weighted by Gasteiger charge is -2.36. The minimum atomic E-state index is -0.672. The second-order valence-electron chi connectivity index (χ2n) is 5.56. The number of carbonyl (C=O) groups excluding carboxylic acids is 1. The van der Waals surface area contributed by atoms with Gasteiger partial charge in [0.05, 0.1) is 17.2 Å². The van der Waals surface area contributed by atoms with E-state index >= 15 is 0 Å². The van der Waals surface area contributed by atoms with Gasteiger partial charge < -0.3 is 15.3 Å². The number of β-amino-alcohol motifs (C(OH)–C–C–N with tert-alkyl or cyclic N) is 1. The third-order valence-electron chi connectivity index (χ3n) is 3.97. The summed E-state index contributed by atoms with van der Waals surface area (Å²) < 4.78 is 0. The summed E-state index contributed by atoms with van der Waals surface area (Å²) in [5, 5.41) is 14.0. The van der Waals surface area contributed by atoms with Gasteiger partial charge in [-0.3, -0.25) is 4.79 Å². The molecule has 1 aliphatic heterocycles. The fraction of sp³-hybridized carbons (Fsp3) is 0.294. The van der Waals surface area contributed by atoms with Crippen LogP contribution < -0.4 is 5.32 Å². The standard InChI is InChI=1S/C17H18ClN3O2/c18-13-7-4-9-19-16(13)20-14-8-10-21(11-15(14)22)17(23)12-5-2-1-3-6-12/h1-7,9,14-15,22H,8,10-11H2,(H,19,20)/t14-,15-/m1/s1. The zero-order valence-electron chi connectivity index (χ0n) is 12.5. The molecular formula is C17H18ClN3O2. The number of hydrogen-bond acceptors (Lipinski definition) is 4. The van der Waals surface area contributed by atoms with E-state index in [0.29, 0.717) is 29.4 Å². The van der Waals surface area contributed by atoms with Gasteiger partial charge in [-0.1, -0.05) is 29.8 Å². The summed E-state index contributed by atoms with van der Waals surface area (Å²) in [6, 6.07) is 12.4. The fourth-order valence-corrected chi connectivity index (χ4v) is 2.89. The Bertz CT molecular complexity index is 681. The van der Waals surface area contributed by atoms with Crippen molar-refractivity contribution < 1.29 is 9.90 Å². The molecule has 1 amide bonds. The van der Waals surface area contributed by atoms with Gasteiger partial charge in [0.25, 0.3) is 5.91 Å². The number of nitrogens with one attached hydrogen (secondary N) is 1. The predicted molar refractivity (Wildman–Crippen MR) is 89.6 cm³/mol. The Morgan fingerprint density at radius 3 is 2.74 bits per heavy atom. The van der Waals surface area contributed by atoms with Crippen LogP contribution in [0.4, 0.5) is 5.82 Å². The van der Waals surface area contributed by atoms with E-state index in [-0.39, 0.29) is 18.5 Å². The molecule has 5 nitrogen and oxygen atoms in total. The number of aliphatic hydroxyl groups excluding tert-OH is 1. The fourth-order valence-electron chi connectivity index (χ4n) is 2.72. The van der Waals surface area contributed by atoms with Crippen LogP contribution in [0.5, 0.6) is 0 Å². The largest absolute Gasteiger partial charge is 0.389 e. The van der Waals surface area contributed by atoms with Crippen molar-refractivity contribution in [3.05, 3.63) is 59.2 Å². The minimum absolute atomic E-state index is 0.0565. The molecule has 2 N–H and O–H groups in total. The van der Waals surface area contributed by atoms with Crippen LogP contribution in [0, 0.1) is 0 Å². The number of benzene rings is 1. The molecule has 2 heterocycles. The average Bonchev–Trinajstić information content (AvgIpc) is 2.58. The molecule has 0 saturated carbocycles. The molecule has 6 heteroatoms. The van der Waals surface area contributed by atoms with Crippen molar-refractivity contribution in [1.82, 2.24) is 9.88 Å². The van der Waals surface area contributed by atoms with Crippen LogP contribution in [0.15, 0.2) is 48.7 Å². The predicted octanol–water partition coefficient (Wildman–Crippen LogP) is 2.42. The third kappa shape index (κ3) is 3.63. The van der Waals surface area contributed by atoms with Crippen LogP contribution in [0.3, 0.4) is 0 Å². The topological polar surface area (TPSA) is 65.5 Å². The molecule has 120 valence electrons. The van der Waals surface area contributed by atoms with Gasteiger partial charge in [0.1, 0.15) is 5.82 Å². The number of carbonyl (C=O) groups is 1. The molecule has 1 aromatic heterocycles. The van der Waals surface area contributed by atoms with E-state index in [0.717, 1.165) is 0 Å². The second kappa shape index (κ2) is 6.98. The first-order chi connectivity index (χ1) is 11.1. The molecular weight excluding hydrogens is 314 g/mol. The van der Waals surface area contributed by atoms with Crippen molar-refractivity contribution >= 4 is 23.3 Å². The van der Waals surface area contributed by atoms with Crippen LogP contribution in [0.1, 0.15) is 16.8 Å².